The molecule has 1 rings (SSSR count). The fraction of sp³-hybridized carbons (Fsp3) is 0.600. The lowest BCUT2D eigenvalue weighted by atomic mass is 10.2. The summed E-state index contributed by atoms with van der Waals surface area (Å²) in [6, 6.07) is 5.86. The minimum atomic E-state index is -1.70. The molecule has 0 spiro atoms. The van der Waals surface area contributed by atoms with Gasteiger partial charge in [-0.05, 0) is 77.1 Å². The van der Waals surface area contributed by atoms with E-state index in [1.807, 2.05) is 18.2 Å². The predicted octanol–water partition coefficient (Wildman–Crippen LogP) is 5.22. The fourth-order valence-electron chi connectivity index (χ4n) is 1.41. The zero-order chi connectivity index (χ0) is 18.6. The molecule has 9 heteroatoms. The molecule has 24 heavy (non-hydrogen) atoms. The van der Waals surface area contributed by atoms with E-state index >= 15 is 0 Å². The molecule has 0 saturated heterocycles. The van der Waals surface area contributed by atoms with Crippen LogP contribution in [0.3, 0.4) is 0 Å². The lowest BCUT2D eigenvalue weighted by Crippen LogP contribution is -2.30. The second kappa shape index (κ2) is 8.02. The van der Waals surface area contributed by atoms with Crippen molar-refractivity contribution in [2.24, 2.45) is 0 Å². The summed E-state index contributed by atoms with van der Waals surface area (Å²) in [7, 11) is -5.04. The van der Waals surface area contributed by atoms with E-state index in [2.05, 4.69) is 75.4 Å². The van der Waals surface area contributed by atoms with E-state index in [0.29, 0.717) is 0 Å². The molecule has 0 atom stereocenters. The van der Waals surface area contributed by atoms with Gasteiger partial charge < -0.3 is 13.6 Å². The van der Waals surface area contributed by atoms with Crippen molar-refractivity contribution >= 4 is 42.0 Å². The fourth-order valence-corrected chi connectivity index (χ4v) is 2.67. The van der Waals surface area contributed by atoms with E-state index < -0.39 is 25.0 Å². The first-order valence-electron chi connectivity index (χ1n) is 8.21. The highest BCUT2D eigenvalue weighted by atomic mass is 28.4. The average molecular weight is 388 g/mol. The van der Waals surface area contributed by atoms with Crippen molar-refractivity contribution < 1.29 is 13.6 Å². The highest BCUT2D eigenvalue weighted by Crippen LogP contribution is 2.28. The molecule has 0 amide bonds. The number of benzene rings is 1. The third-order valence-corrected chi connectivity index (χ3v) is 4.57. The Hall–Kier alpha value is -0.849. The summed E-state index contributed by atoms with van der Waals surface area (Å²) in [4.78, 5) is 0. The van der Waals surface area contributed by atoms with Crippen molar-refractivity contribution in [1.82, 2.24) is 0 Å². The minimum Gasteiger partial charge on any atom is -0.323 e. The highest BCUT2D eigenvalue weighted by Gasteiger charge is 2.19. The monoisotopic (exact) mass is 387 g/mol. The maximum absolute atomic E-state index is 5.83. The van der Waals surface area contributed by atoms with Crippen LogP contribution in [0.15, 0.2) is 18.2 Å². The topological polar surface area (TPSA) is 63.8 Å². The van der Waals surface area contributed by atoms with Crippen LogP contribution in [0.2, 0.25) is 58.9 Å². The highest BCUT2D eigenvalue weighted by molar-refractivity contribution is 6.70. The quantitative estimate of drug-likeness (QED) is 0.399. The van der Waals surface area contributed by atoms with Crippen molar-refractivity contribution in [2.75, 3.05) is 16.4 Å². The molecule has 0 bridgehead atoms. The summed E-state index contributed by atoms with van der Waals surface area (Å²) in [5, 5.41) is 0. The van der Waals surface area contributed by atoms with Crippen LogP contribution in [0.25, 0.3) is 0 Å². The molecule has 0 saturated carbocycles. The summed E-state index contributed by atoms with van der Waals surface area (Å²) < 4.78 is 17.4. The summed E-state index contributed by atoms with van der Waals surface area (Å²) in [6.45, 7) is 19.2. The Morgan fingerprint density at radius 3 is 1.46 bits per heavy atom. The molecule has 1 aromatic carbocycles. The van der Waals surface area contributed by atoms with Crippen LogP contribution in [0.4, 0.5) is 17.1 Å². The van der Waals surface area contributed by atoms with Gasteiger partial charge in [0, 0.05) is 0 Å². The summed E-state index contributed by atoms with van der Waals surface area (Å²) in [5.74, 6) is 0. The van der Waals surface area contributed by atoms with E-state index in [0.717, 1.165) is 17.1 Å². The lowest BCUT2D eigenvalue weighted by molar-refractivity contribution is 0.389. The van der Waals surface area contributed by atoms with Gasteiger partial charge in [-0.15, -0.1) is 0 Å². The largest absolute Gasteiger partial charge is 0.323 e. The third kappa shape index (κ3) is 9.45. The summed E-state index contributed by atoms with van der Waals surface area (Å²) >= 11 is 0. The van der Waals surface area contributed by atoms with Gasteiger partial charge in [-0.1, -0.05) is 0 Å². The first kappa shape index (κ1) is 21.2. The molecule has 0 aliphatic rings. The second-order valence-electron chi connectivity index (χ2n) is 8.71. The van der Waals surface area contributed by atoms with Gasteiger partial charge >= 0.3 is 0 Å². The summed E-state index contributed by atoms with van der Waals surface area (Å²) in [5.41, 5.74) is 11.7. The molecular formula is C15H33N3O3Si3. The molecule has 6 nitrogen and oxygen atoms in total. The van der Waals surface area contributed by atoms with Gasteiger partial charge in [0.2, 0.25) is 25.0 Å². The Morgan fingerprint density at radius 2 is 1.00 bits per heavy atom. The first-order chi connectivity index (χ1) is 10.8. The molecule has 0 fully saturated rings. The van der Waals surface area contributed by atoms with Crippen molar-refractivity contribution in [3.63, 3.8) is 0 Å². The second-order valence-corrected chi connectivity index (χ2v) is 22.0. The maximum Gasteiger partial charge on any atom is 0.220 e. The Kier molecular flexibility index (Phi) is 7.08. The van der Waals surface area contributed by atoms with Crippen molar-refractivity contribution in [1.29, 1.82) is 0 Å². The van der Waals surface area contributed by atoms with Crippen LogP contribution < -0.4 is 16.4 Å². The molecule has 0 aliphatic carbocycles. The van der Waals surface area contributed by atoms with E-state index in [-0.39, 0.29) is 0 Å². The number of anilines is 3. The van der Waals surface area contributed by atoms with E-state index in [4.69, 9.17) is 13.6 Å². The smallest absolute Gasteiger partial charge is 0.220 e. The minimum absolute atomic E-state index is 0.819. The standard InChI is InChI=1S/C15H33N3O3Si3/c1-22(2,3)19-16-13-10-11-14(17-20-23(4,5)6)15(12-13)18-21-24(7,8)9/h10-12,16-18H,1-9H3. The molecule has 0 heterocycles. The number of hydrogen-bond acceptors (Lipinski definition) is 6. The van der Waals surface area contributed by atoms with Gasteiger partial charge in [0.05, 0.1) is 17.1 Å². The molecule has 3 N–H and O–H groups in total. The Balaban J connectivity index is 2.92. The van der Waals surface area contributed by atoms with Crippen LogP contribution in [0.1, 0.15) is 0 Å². The first-order valence-corrected chi connectivity index (χ1v) is 18.4. The van der Waals surface area contributed by atoms with E-state index in [1.54, 1.807) is 0 Å². The van der Waals surface area contributed by atoms with Crippen LogP contribution in [0.5, 0.6) is 0 Å². The normalized spacial score (nSPS) is 12.9. The van der Waals surface area contributed by atoms with E-state index in [9.17, 15) is 0 Å². The maximum atomic E-state index is 5.83. The van der Waals surface area contributed by atoms with Gasteiger partial charge in [-0.2, -0.15) is 0 Å². The van der Waals surface area contributed by atoms with Gasteiger partial charge in [0.25, 0.3) is 0 Å². The van der Waals surface area contributed by atoms with Gasteiger partial charge in [-0.3, -0.25) is 16.4 Å². The molecule has 0 aliphatic heterocycles. The Labute approximate surface area is 149 Å². The number of nitrogens with one attached hydrogen (secondary N) is 3. The average Bonchev–Trinajstić information content (AvgIpc) is 2.39. The SMILES string of the molecule is C[Si](C)(C)ONc1ccc(NO[Si](C)(C)C)c(NO[Si](C)(C)C)c1. The molecule has 1 aromatic rings. The van der Waals surface area contributed by atoms with Crippen LogP contribution in [0, 0.1) is 0 Å². The summed E-state index contributed by atoms with van der Waals surface area (Å²) in [6.07, 6.45) is 0. The van der Waals surface area contributed by atoms with E-state index in [1.165, 1.54) is 0 Å². The predicted molar refractivity (Wildman–Crippen MR) is 111 cm³/mol. The molecule has 0 unspecified atom stereocenters. The number of hydrogen-bond donors (Lipinski definition) is 3. The molecule has 0 aromatic heterocycles. The van der Waals surface area contributed by atoms with Crippen LogP contribution in [-0.2, 0) is 13.6 Å². The lowest BCUT2D eigenvalue weighted by Gasteiger charge is -2.24. The Morgan fingerprint density at radius 1 is 0.583 bits per heavy atom. The molecule has 0 radical (unpaired) electrons. The zero-order valence-electron chi connectivity index (χ0n) is 16.5. The Bertz CT molecular complexity index is 537. The van der Waals surface area contributed by atoms with Gasteiger partial charge in [0.15, 0.2) is 0 Å². The molecule has 138 valence electrons. The van der Waals surface area contributed by atoms with Crippen molar-refractivity contribution in [3.8, 4) is 0 Å². The van der Waals surface area contributed by atoms with Crippen LogP contribution >= 0.6 is 0 Å². The van der Waals surface area contributed by atoms with Gasteiger partial charge in [0.1, 0.15) is 0 Å². The third-order valence-electron chi connectivity index (χ3n) is 2.43. The zero-order valence-corrected chi connectivity index (χ0v) is 19.5. The van der Waals surface area contributed by atoms with Crippen molar-refractivity contribution in [3.05, 3.63) is 18.2 Å². The molecular weight excluding hydrogens is 354 g/mol. The van der Waals surface area contributed by atoms with Gasteiger partial charge in [-0.25, -0.2) is 0 Å². The van der Waals surface area contributed by atoms with Crippen molar-refractivity contribution in [2.45, 2.75) is 58.9 Å². The number of rotatable bonds is 9. The van der Waals surface area contributed by atoms with Crippen LogP contribution in [-0.4, -0.2) is 25.0 Å².